The van der Waals surface area contributed by atoms with Crippen LogP contribution in [0.25, 0.3) is 0 Å². The van der Waals surface area contributed by atoms with E-state index in [0.717, 1.165) is 5.56 Å². The smallest absolute Gasteiger partial charge is 0.250 e. The van der Waals surface area contributed by atoms with Gasteiger partial charge in [0.1, 0.15) is 5.82 Å². The second-order valence-corrected chi connectivity index (χ2v) is 3.97. The molecule has 0 saturated heterocycles. The maximum atomic E-state index is 12.6. The molecule has 16 heavy (non-hydrogen) atoms. The predicted molar refractivity (Wildman–Crippen MR) is 62.0 cm³/mol. The third-order valence-electron chi connectivity index (χ3n) is 1.80. The van der Waals surface area contributed by atoms with Gasteiger partial charge in [-0.1, -0.05) is 23.9 Å². The molecule has 0 unspecified atom stereocenters. The van der Waals surface area contributed by atoms with E-state index in [9.17, 15) is 9.18 Å². The molecule has 1 aromatic rings. The summed E-state index contributed by atoms with van der Waals surface area (Å²) in [6.07, 6.45) is 1.57. The Hall–Kier alpha value is -1.69. The van der Waals surface area contributed by atoms with Crippen molar-refractivity contribution in [2.75, 3.05) is 5.75 Å². The van der Waals surface area contributed by atoms with E-state index >= 15 is 0 Å². The summed E-state index contributed by atoms with van der Waals surface area (Å²) in [5.74, 6) is -0.0981. The van der Waals surface area contributed by atoms with Crippen molar-refractivity contribution in [1.29, 1.82) is 0 Å². The minimum atomic E-state index is -0.284. The first-order chi connectivity index (χ1) is 7.74. The molecule has 0 aliphatic carbocycles. The van der Waals surface area contributed by atoms with E-state index in [1.165, 1.54) is 23.9 Å². The van der Waals surface area contributed by atoms with E-state index in [1.807, 2.05) is 0 Å². The van der Waals surface area contributed by atoms with Crippen molar-refractivity contribution in [2.45, 2.75) is 0 Å². The monoisotopic (exact) mass is 237 g/mol. The van der Waals surface area contributed by atoms with Gasteiger partial charge in [-0.05, 0) is 17.7 Å². The molecule has 1 N–H and O–H groups in total. The van der Waals surface area contributed by atoms with Crippen LogP contribution in [0.5, 0.6) is 0 Å². The van der Waals surface area contributed by atoms with Crippen LogP contribution in [-0.2, 0) is 4.79 Å². The van der Waals surface area contributed by atoms with Gasteiger partial charge >= 0.3 is 0 Å². The Morgan fingerprint density at radius 1 is 1.44 bits per heavy atom. The summed E-state index contributed by atoms with van der Waals surface area (Å²) in [4.78, 5) is 14.9. The molecular formula is C10H8FN3OS. The van der Waals surface area contributed by atoms with E-state index in [4.69, 9.17) is 0 Å². The molecule has 0 fully saturated rings. The van der Waals surface area contributed by atoms with Crippen LogP contribution >= 0.6 is 11.8 Å². The van der Waals surface area contributed by atoms with E-state index in [2.05, 4.69) is 15.5 Å². The Labute approximate surface area is 95.6 Å². The number of nitrogens with one attached hydrogen (secondary N) is 1. The molecular weight excluding hydrogens is 229 g/mol. The molecule has 0 saturated carbocycles. The van der Waals surface area contributed by atoms with E-state index < -0.39 is 0 Å². The van der Waals surface area contributed by atoms with Crippen LogP contribution in [0.2, 0.25) is 0 Å². The average Bonchev–Trinajstić information content (AvgIpc) is 2.30. The first-order valence-corrected chi connectivity index (χ1v) is 5.51. The number of hydrogen-bond donors (Lipinski definition) is 1. The normalized spacial score (nSPS) is 16.1. The quantitative estimate of drug-likeness (QED) is 0.750. The zero-order valence-electron chi connectivity index (χ0n) is 8.18. The zero-order chi connectivity index (χ0) is 11.4. The number of carbonyl (C=O) groups excluding carboxylic acids is 1. The van der Waals surface area contributed by atoms with Crippen molar-refractivity contribution in [3.8, 4) is 0 Å². The maximum Gasteiger partial charge on any atom is 0.250 e. The Balaban J connectivity index is 2.04. The number of thioether (sulfide) groups is 1. The highest BCUT2D eigenvalue weighted by molar-refractivity contribution is 8.14. The molecule has 0 bridgehead atoms. The fourth-order valence-corrected chi connectivity index (χ4v) is 1.61. The Morgan fingerprint density at radius 2 is 2.19 bits per heavy atom. The molecule has 1 aliphatic rings. The molecule has 0 atom stereocenters. The van der Waals surface area contributed by atoms with Gasteiger partial charge in [-0.2, -0.15) is 0 Å². The van der Waals surface area contributed by atoms with Crippen LogP contribution in [0.3, 0.4) is 0 Å². The first-order valence-electron chi connectivity index (χ1n) is 4.53. The molecule has 4 nitrogen and oxygen atoms in total. The Bertz CT molecular complexity index is 456. The predicted octanol–water partition coefficient (Wildman–Crippen LogP) is 1.38. The standard InChI is InChI=1S/C10H8FN3OS/c11-8-3-1-7(2-4-8)5-12-10-14-13-9(15)6-16-10/h1-5H,6H2,(H,13,15). The molecule has 1 heterocycles. The number of aliphatic imine (C=N–C) groups is 1. The van der Waals surface area contributed by atoms with Crippen molar-refractivity contribution >= 4 is 29.1 Å². The highest BCUT2D eigenvalue weighted by Gasteiger charge is 2.10. The van der Waals surface area contributed by atoms with Gasteiger partial charge in [0.05, 0.1) is 5.75 Å². The summed E-state index contributed by atoms with van der Waals surface area (Å²) in [6, 6.07) is 5.95. The lowest BCUT2D eigenvalue weighted by atomic mass is 10.2. The van der Waals surface area contributed by atoms with Gasteiger partial charge in [0, 0.05) is 6.21 Å². The SMILES string of the molecule is O=C1CSC(N=Cc2ccc(F)cc2)=NN1. The molecule has 1 aromatic carbocycles. The van der Waals surface area contributed by atoms with Crippen molar-refractivity contribution < 1.29 is 9.18 Å². The number of benzene rings is 1. The molecule has 6 heteroatoms. The second kappa shape index (κ2) is 4.89. The molecule has 1 amide bonds. The number of rotatable bonds is 1. The number of carbonyl (C=O) groups is 1. The van der Waals surface area contributed by atoms with Crippen LogP contribution in [0, 0.1) is 5.82 Å². The summed E-state index contributed by atoms with van der Waals surface area (Å²) in [7, 11) is 0. The molecule has 0 aromatic heterocycles. The second-order valence-electron chi connectivity index (χ2n) is 3.03. The van der Waals surface area contributed by atoms with Crippen molar-refractivity contribution in [3.05, 3.63) is 35.6 Å². The molecule has 0 radical (unpaired) electrons. The van der Waals surface area contributed by atoms with Gasteiger partial charge in [-0.25, -0.2) is 14.8 Å². The number of nitrogens with zero attached hydrogens (tertiary/aromatic N) is 2. The lowest BCUT2D eigenvalue weighted by Gasteiger charge is -2.06. The average molecular weight is 237 g/mol. The minimum Gasteiger partial charge on any atom is -0.272 e. The number of hydrogen-bond acceptors (Lipinski definition) is 4. The van der Waals surface area contributed by atoms with E-state index in [-0.39, 0.29) is 11.7 Å². The van der Waals surface area contributed by atoms with Gasteiger partial charge in [0.2, 0.25) is 5.17 Å². The minimum absolute atomic E-state index is 0.134. The van der Waals surface area contributed by atoms with Gasteiger partial charge in [-0.3, -0.25) is 4.79 Å². The van der Waals surface area contributed by atoms with E-state index in [1.54, 1.807) is 18.3 Å². The summed E-state index contributed by atoms with van der Waals surface area (Å²) in [6.45, 7) is 0. The van der Waals surface area contributed by atoms with Gasteiger partial charge in [0.15, 0.2) is 0 Å². The number of amidine groups is 1. The summed E-state index contributed by atoms with van der Waals surface area (Å²) in [5.41, 5.74) is 3.11. The van der Waals surface area contributed by atoms with Gasteiger partial charge in [0.25, 0.3) is 5.91 Å². The first kappa shape index (κ1) is 10.8. The Kier molecular flexibility index (Phi) is 3.31. The van der Waals surface area contributed by atoms with Crippen LogP contribution < -0.4 is 5.43 Å². The topological polar surface area (TPSA) is 53.8 Å². The van der Waals surface area contributed by atoms with Gasteiger partial charge in [-0.15, -0.1) is 5.10 Å². The fraction of sp³-hybridized carbons (Fsp3) is 0.100. The number of hydrazone groups is 1. The van der Waals surface area contributed by atoms with Crippen LogP contribution in [-0.4, -0.2) is 23.0 Å². The molecule has 82 valence electrons. The Morgan fingerprint density at radius 3 is 2.81 bits per heavy atom. The van der Waals surface area contributed by atoms with Crippen molar-refractivity contribution in [1.82, 2.24) is 5.43 Å². The summed E-state index contributed by atoms with van der Waals surface area (Å²) >= 11 is 1.26. The third kappa shape index (κ3) is 2.90. The van der Waals surface area contributed by atoms with Crippen molar-refractivity contribution in [2.24, 2.45) is 10.1 Å². The molecule has 0 spiro atoms. The third-order valence-corrected chi connectivity index (χ3v) is 2.66. The van der Waals surface area contributed by atoms with Crippen LogP contribution in [0.1, 0.15) is 5.56 Å². The lowest BCUT2D eigenvalue weighted by molar-refractivity contribution is -0.118. The molecule has 1 aliphatic heterocycles. The highest BCUT2D eigenvalue weighted by Crippen LogP contribution is 2.09. The largest absolute Gasteiger partial charge is 0.272 e. The van der Waals surface area contributed by atoms with Gasteiger partial charge < -0.3 is 0 Å². The summed E-state index contributed by atoms with van der Waals surface area (Å²) in [5, 5.41) is 4.24. The summed E-state index contributed by atoms with van der Waals surface area (Å²) < 4.78 is 12.6. The van der Waals surface area contributed by atoms with Crippen molar-refractivity contribution in [3.63, 3.8) is 0 Å². The number of halogens is 1. The number of amides is 1. The fourth-order valence-electron chi connectivity index (χ4n) is 1.05. The highest BCUT2D eigenvalue weighted by atomic mass is 32.2. The van der Waals surface area contributed by atoms with E-state index in [0.29, 0.717) is 10.9 Å². The van der Waals surface area contributed by atoms with Crippen LogP contribution in [0.15, 0.2) is 34.4 Å². The lowest BCUT2D eigenvalue weighted by Crippen LogP contribution is -2.25. The maximum absolute atomic E-state index is 12.6. The zero-order valence-corrected chi connectivity index (χ0v) is 9.00. The van der Waals surface area contributed by atoms with Crippen LogP contribution in [0.4, 0.5) is 4.39 Å². The molecule has 2 rings (SSSR count).